The Morgan fingerprint density at radius 1 is 1.16 bits per heavy atom. The first-order valence-electron chi connectivity index (χ1n) is 6.87. The molecule has 114 valence electrons. The molecule has 0 heterocycles. The molecular weight excluding hydrogens is 355 g/mol. The lowest BCUT2D eigenvalue weighted by Gasteiger charge is -2.25. The summed E-state index contributed by atoms with van der Waals surface area (Å²) >= 11 is 0. The molecule has 19 heavy (non-hydrogen) atoms. The molecule has 1 amide bonds. The van der Waals surface area contributed by atoms with Gasteiger partial charge >= 0.3 is 0 Å². The van der Waals surface area contributed by atoms with Crippen LogP contribution in [0.1, 0.15) is 34.1 Å². The number of halogens is 1. The fourth-order valence-corrected chi connectivity index (χ4v) is 1.64. The maximum absolute atomic E-state index is 12.0. The Balaban J connectivity index is 0. The predicted octanol–water partition coefficient (Wildman–Crippen LogP) is 1.78. The zero-order chi connectivity index (χ0) is 14.0. The highest BCUT2D eigenvalue weighted by Gasteiger charge is 2.14. The number of carbonyl (C=O) groups excluding carboxylic acids is 1. The molecular formula is C13H29IN4O. The molecule has 0 atom stereocenters. The number of amides is 1. The lowest BCUT2D eigenvalue weighted by Crippen LogP contribution is -2.45. The first kappa shape index (κ1) is 20.8. The third kappa shape index (κ3) is 8.28. The standard InChI is InChI=1S/C13H28N4O.HI/c1-6-10-15-13(14-7-2)16(5)11-12(18)17(8-3)9-4;/h6-11H2,1-5H3,(H,14,15);1H. The van der Waals surface area contributed by atoms with Crippen molar-refractivity contribution in [3.8, 4) is 0 Å². The number of aliphatic imine (C=N–C) groups is 1. The van der Waals surface area contributed by atoms with E-state index in [-0.39, 0.29) is 29.9 Å². The zero-order valence-electron chi connectivity index (χ0n) is 12.9. The first-order chi connectivity index (χ1) is 8.60. The molecule has 6 heteroatoms. The van der Waals surface area contributed by atoms with Crippen molar-refractivity contribution in [1.29, 1.82) is 0 Å². The van der Waals surface area contributed by atoms with Gasteiger partial charge in [-0.2, -0.15) is 0 Å². The van der Waals surface area contributed by atoms with E-state index >= 15 is 0 Å². The van der Waals surface area contributed by atoms with Crippen LogP contribution < -0.4 is 5.32 Å². The Kier molecular flexibility index (Phi) is 13.7. The second-order valence-corrected chi connectivity index (χ2v) is 4.16. The number of guanidine groups is 1. The summed E-state index contributed by atoms with van der Waals surface area (Å²) in [5.74, 6) is 0.949. The van der Waals surface area contributed by atoms with Gasteiger partial charge in [-0.3, -0.25) is 9.79 Å². The van der Waals surface area contributed by atoms with Gasteiger partial charge < -0.3 is 15.1 Å². The quantitative estimate of drug-likeness (QED) is 0.414. The summed E-state index contributed by atoms with van der Waals surface area (Å²) in [6.07, 6.45) is 1.01. The second kappa shape index (κ2) is 12.5. The summed E-state index contributed by atoms with van der Waals surface area (Å²) in [5.41, 5.74) is 0. The monoisotopic (exact) mass is 384 g/mol. The number of likely N-dealkylation sites (N-methyl/N-ethyl adjacent to an activating group) is 2. The fourth-order valence-electron chi connectivity index (χ4n) is 1.64. The van der Waals surface area contributed by atoms with Crippen molar-refractivity contribution in [3.05, 3.63) is 0 Å². The summed E-state index contributed by atoms with van der Waals surface area (Å²) < 4.78 is 0. The molecule has 0 saturated heterocycles. The van der Waals surface area contributed by atoms with E-state index in [4.69, 9.17) is 0 Å². The Bertz CT molecular complexity index is 267. The van der Waals surface area contributed by atoms with Crippen LogP contribution in [-0.4, -0.2) is 61.4 Å². The summed E-state index contributed by atoms with van der Waals surface area (Å²) in [6, 6.07) is 0. The van der Waals surface area contributed by atoms with Crippen molar-refractivity contribution >= 4 is 35.8 Å². The van der Waals surface area contributed by atoms with E-state index in [2.05, 4.69) is 17.2 Å². The number of nitrogens with zero attached hydrogens (tertiary/aromatic N) is 3. The molecule has 0 aromatic carbocycles. The lowest BCUT2D eigenvalue weighted by atomic mass is 10.4. The highest BCUT2D eigenvalue weighted by molar-refractivity contribution is 14.0. The minimum Gasteiger partial charge on any atom is -0.357 e. The Hall–Kier alpha value is -0.530. The molecule has 0 saturated carbocycles. The number of carbonyl (C=O) groups is 1. The summed E-state index contributed by atoms with van der Waals surface area (Å²) in [7, 11) is 1.90. The van der Waals surface area contributed by atoms with E-state index in [1.807, 2.05) is 37.6 Å². The van der Waals surface area contributed by atoms with E-state index < -0.39 is 0 Å². The van der Waals surface area contributed by atoms with Gasteiger partial charge in [0.1, 0.15) is 0 Å². The van der Waals surface area contributed by atoms with Gasteiger partial charge in [0, 0.05) is 33.2 Å². The van der Waals surface area contributed by atoms with Crippen LogP contribution >= 0.6 is 24.0 Å². The van der Waals surface area contributed by atoms with Crippen LogP contribution in [0.5, 0.6) is 0 Å². The Morgan fingerprint density at radius 2 is 1.74 bits per heavy atom. The van der Waals surface area contributed by atoms with E-state index in [1.54, 1.807) is 0 Å². The molecule has 0 aliphatic carbocycles. The molecule has 0 aromatic heterocycles. The SMILES string of the molecule is CCCN=C(NCC)N(C)CC(=O)N(CC)CC.I. The molecule has 1 N–H and O–H groups in total. The van der Waals surface area contributed by atoms with Crippen molar-refractivity contribution in [2.24, 2.45) is 4.99 Å². The average molecular weight is 384 g/mol. The van der Waals surface area contributed by atoms with Gasteiger partial charge in [0.25, 0.3) is 0 Å². The van der Waals surface area contributed by atoms with Gasteiger partial charge in [-0.25, -0.2) is 0 Å². The van der Waals surface area contributed by atoms with Gasteiger partial charge in [-0.1, -0.05) is 6.92 Å². The molecule has 5 nitrogen and oxygen atoms in total. The van der Waals surface area contributed by atoms with Crippen molar-refractivity contribution in [2.75, 3.05) is 39.8 Å². The number of rotatable bonds is 7. The number of hydrogen-bond acceptors (Lipinski definition) is 2. The van der Waals surface area contributed by atoms with E-state index in [0.717, 1.165) is 38.6 Å². The smallest absolute Gasteiger partial charge is 0.242 e. The predicted molar refractivity (Wildman–Crippen MR) is 92.2 cm³/mol. The third-order valence-corrected chi connectivity index (χ3v) is 2.67. The van der Waals surface area contributed by atoms with Crippen molar-refractivity contribution in [3.63, 3.8) is 0 Å². The normalized spacial score (nSPS) is 10.7. The van der Waals surface area contributed by atoms with Gasteiger partial charge in [-0.05, 0) is 27.2 Å². The van der Waals surface area contributed by atoms with Crippen LogP contribution in [-0.2, 0) is 4.79 Å². The molecule has 0 aromatic rings. The highest BCUT2D eigenvalue weighted by atomic mass is 127. The molecule has 0 radical (unpaired) electrons. The maximum atomic E-state index is 12.0. The fraction of sp³-hybridized carbons (Fsp3) is 0.846. The molecule has 0 unspecified atom stereocenters. The van der Waals surface area contributed by atoms with Crippen LogP contribution in [0.25, 0.3) is 0 Å². The number of hydrogen-bond donors (Lipinski definition) is 1. The van der Waals surface area contributed by atoms with Crippen molar-refractivity contribution in [2.45, 2.75) is 34.1 Å². The van der Waals surface area contributed by atoms with Gasteiger partial charge in [0.05, 0.1) is 6.54 Å². The average Bonchev–Trinajstić information content (AvgIpc) is 2.35. The summed E-state index contributed by atoms with van der Waals surface area (Å²) in [4.78, 5) is 20.2. The zero-order valence-corrected chi connectivity index (χ0v) is 15.2. The van der Waals surface area contributed by atoms with Gasteiger partial charge in [-0.15, -0.1) is 24.0 Å². The van der Waals surface area contributed by atoms with Crippen LogP contribution in [0.2, 0.25) is 0 Å². The third-order valence-electron chi connectivity index (χ3n) is 2.67. The van der Waals surface area contributed by atoms with Crippen LogP contribution in [0.3, 0.4) is 0 Å². The van der Waals surface area contributed by atoms with Gasteiger partial charge in [0.15, 0.2) is 5.96 Å². The minimum atomic E-state index is 0. The summed E-state index contributed by atoms with van der Waals surface area (Å²) in [6.45, 7) is 11.6. The summed E-state index contributed by atoms with van der Waals surface area (Å²) in [5, 5.41) is 3.20. The second-order valence-electron chi connectivity index (χ2n) is 4.16. The Morgan fingerprint density at radius 3 is 2.16 bits per heavy atom. The number of nitrogens with one attached hydrogen (secondary N) is 1. The molecule has 0 fully saturated rings. The molecule has 0 rings (SSSR count). The largest absolute Gasteiger partial charge is 0.357 e. The first-order valence-corrected chi connectivity index (χ1v) is 6.87. The molecule has 0 aliphatic rings. The Labute approximate surface area is 134 Å². The van der Waals surface area contributed by atoms with Crippen LogP contribution in [0, 0.1) is 0 Å². The van der Waals surface area contributed by atoms with Crippen LogP contribution in [0.4, 0.5) is 0 Å². The van der Waals surface area contributed by atoms with Gasteiger partial charge in [0.2, 0.25) is 5.91 Å². The lowest BCUT2D eigenvalue weighted by molar-refractivity contribution is -0.131. The van der Waals surface area contributed by atoms with E-state index in [1.165, 1.54) is 0 Å². The highest BCUT2D eigenvalue weighted by Crippen LogP contribution is 1.94. The van der Waals surface area contributed by atoms with Crippen molar-refractivity contribution < 1.29 is 4.79 Å². The maximum Gasteiger partial charge on any atom is 0.242 e. The van der Waals surface area contributed by atoms with E-state index in [0.29, 0.717) is 6.54 Å². The minimum absolute atomic E-state index is 0. The molecule has 0 bridgehead atoms. The van der Waals surface area contributed by atoms with E-state index in [9.17, 15) is 4.79 Å². The molecule has 0 aliphatic heterocycles. The topological polar surface area (TPSA) is 47.9 Å². The molecule has 0 spiro atoms. The van der Waals surface area contributed by atoms with Crippen LogP contribution in [0.15, 0.2) is 4.99 Å². The van der Waals surface area contributed by atoms with Crippen molar-refractivity contribution in [1.82, 2.24) is 15.1 Å².